The summed E-state index contributed by atoms with van der Waals surface area (Å²) in [6.07, 6.45) is -2.46. The number of anilines is 1. The standard InChI is InChI=1S/C36H53N8O17P3S/c1-21(15-23(45)8-6-7-22-16-40-25-10-5-4-9-24(22)25)65-14-13-38-27(46)11-12-39-34(49)31(48)36(2,3)18-58-64(55,56)61-63(53,54)57-17-26-30(60-62(50,51)52)29(47)35(59-26)44-20-43-28-32(37)41-19-42-33(28)44/h4-5,9-10,16,19-21,26,29-31,35,40,47-48H,6-8,11-15,17-18H2,1-3H3,(H,38,46)(H,39,49)(H,53,54)(H,55,56)(H2,37,41,42)(H2,50,51,52)/t21?,26-,29-,30-,31+,35-/m1/s1. The van der Waals surface area contributed by atoms with Crippen LogP contribution in [0.5, 0.6) is 0 Å². The molecule has 1 aliphatic heterocycles. The molecule has 25 nitrogen and oxygen atoms in total. The molecule has 360 valence electrons. The van der Waals surface area contributed by atoms with Crippen LogP contribution in [0.3, 0.4) is 0 Å². The predicted octanol–water partition coefficient (Wildman–Crippen LogP) is 1.99. The van der Waals surface area contributed by atoms with E-state index in [4.69, 9.17) is 19.5 Å². The van der Waals surface area contributed by atoms with Crippen LogP contribution in [0, 0.1) is 5.41 Å². The number of rotatable bonds is 26. The number of ketones is 1. The van der Waals surface area contributed by atoms with Gasteiger partial charge in [0.05, 0.1) is 19.5 Å². The minimum atomic E-state index is -5.58. The van der Waals surface area contributed by atoms with Crippen LogP contribution in [-0.4, -0.2) is 134 Å². The Kier molecular flexibility index (Phi) is 18.0. The quantitative estimate of drug-likeness (QED) is 0.0317. The number of aromatic nitrogens is 5. The second-order valence-corrected chi connectivity index (χ2v) is 21.5. The van der Waals surface area contributed by atoms with Crippen LogP contribution < -0.4 is 16.4 Å². The number of phosphoric acid groups is 3. The number of nitrogens with two attached hydrogens (primary N) is 1. The van der Waals surface area contributed by atoms with Crippen molar-refractivity contribution < 1.29 is 80.5 Å². The van der Waals surface area contributed by atoms with Crippen LogP contribution in [0.2, 0.25) is 0 Å². The topological polar surface area (TPSA) is 379 Å². The summed E-state index contributed by atoms with van der Waals surface area (Å²) in [5, 5.41) is 27.9. The average molecular weight is 995 g/mol. The number of aliphatic hydroxyl groups excluding tert-OH is 2. The van der Waals surface area contributed by atoms with E-state index in [2.05, 4.69) is 45.5 Å². The molecule has 8 atom stereocenters. The molecule has 1 fully saturated rings. The molecule has 29 heteroatoms. The highest BCUT2D eigenvalue weighted by Gasteiger charge is 2.50. The molecule has 5 rings (SSSR count). The van der Waals surface area contributed by atoms with Gasteiger partial charge in [0.25, 0.3) is 0 Å². The molecule has 0 spiro atoms. The largest absolute Gasteiger partial charge is 0.481 e. The number of imidazole rings is 1. The molecule has 1 aromatic carbocycles. The lowest BCUT2D eigenvalue weighted by molar-refractivity contribution is -0.137. The maximum atomic E-state index is 12.7. The van der Waals surface area contributed by atoms with E-state index >= 15 is 0 Å². The van der Waals surface area contributed by atoms with Crippen molar-refractivity contribution in [3.63, 3.8) is 0 Å². The molecule has 0 radical (unpaired) electrons. The van der Waals surface area contributed by atoms with Gasteiger partial charge in [-0.05, 0) is 24.5 Å². The molecule has 2 amide bonds. The van der Waals surface area contributed by atoms with E-state index < -0.39 is 78.6 Å². The molecule has 11 N–H and O–H groups in total. The molecular formula is C36H53N8O17P3S. The lowest BCUT2D eigenvalue weighted by Gasteiger charge is -2.30. The summed E-state index contributed by atoms with van der Waals surface area (Å²) in [4.78, 5) is 92.0. The number of para-hydroxylation sites is 1. The first-order valence-electron chi connectivity index (χ1n) is 20.0. The number of aliphatic hydroxyl groups is 2. The molecule has 65 heavy (non-hydrogen) atoms. The van der Waals surface area contributed by atoms with Crippen molar-refractivity contribution in [1.29, 1.82) is 0 Å². The Morgan fingerprint density at radius 2 is 1.75 bits per heavy atom. The minimum Gasteiger partial charge on any atom is -0.386 e. The van der Waals surface area contributed by atoms with Crippen LogP contribution >= 0.6 is 35.2 Å². The lowest BCUT2D eigenvalue weighted by atomic mass is 9.87. The maximum Gasteiger partial charge on any atom is 0.481 e. The molecule has 0 saturated carbocycles. The molecular weight excluding hydrogens is 941 g/mol. The van der Waals surface area contributed by atoms with E-state index in [9.17, 15) is 57.9 Å². The number of nitrogen functional groups attached to an aromatic ring is 1. The fourth-order valence-corrected chi connectivity index (χ4v) is 10.4. The van der Waals surface area contributed by atoms with Gasteiger partial charge >= 0.3 is 23.5 Å². The number of thioether (sulfide) groups is 1. The number of carbonyl (C=O) groups is 3. The number of fused-ring (bicyclic) bond motifs is 2. The Bertz CT molecular complexity index is 2430. The number of carbonyl (C=O) groups excluding carboxylic acids is 3. The third-order valence-electron chi connectivity index (χ3n) is 10.00. The molecule has 1 saturated heterocycles. The number of H-pyrrole nitrogens is 1. The molecule has 3 unspecified atom stereocenters. The van der Waals surface area contributed by atoms with Crippen LogP contribution in [0.4, 0.5) is 5.82 Å². The van der Waals surface area contributed by atoms with Gasteiger partial charge in [0.2, 0.25) is 11.8 Å². The van der Waals surface area contributed by atoms with Crippen LogP contribution in [0.15, 0.2) is 43.1 Å². The van der Waals surface area contributed by atoms with Gasteiger partial charge in [0.1, 0.15) is 42.0 Å². The number of nitrogens with zero attached hydrogens (tertiary/aromatic N) is 4. The summed E-state index contributed by atoms with van der Waals surface area (Å²) in [5.41, 5.74) is 6.53. The van der Waals surface area contributed by atoms with Crippen LogP contribution in [0.1, 0.15) is 58.2 Å². The average Bonchev–Trinajstić information content (AvgIpc) is 3.92. The van der Waals surface area contributed by atoms with Crippen molar-refractivity contribution in [1.82, 2.24) is 35.1 Å². The number of aryl methyl sites for hydroxylation is 1. The third kappa shape index (κ3) is 15.2. The van der Waals surface area contributed by atoms with Gasteiger partial charge in [-0.25, -0.2) is 28.6 Å². The Balaban J connectivity index is 0.982. The summed E-state index contributed by atoms with van der Waals surface area (Å²) in [6.45, 7) is 2.61. The van der Waals surface area contributed by atoms with Crippen LogP contribution in [0.25, 0.3) is 22.1 Å². The SMILES string of the molecule is CC(CC(=O)CCCc1c[nH]c2ccccc12)SCCNC(=O)CCNC(=O)[C@H](O)C(C)(C)COP(=O)(O)OP(=O)(O)OC[C@H]1O[C@@H](n2cnc3c(N)ncnc32)[C@H](O)[C@@H]1OP(=O)(O)O. The molecule has 1 aliphatic rings. The molecule has 3 aromatic heterocycles. The zero-order valence-corrected chi connectivity index (χ0v) is 38.9. The van der Waals surface area contributed by atoms with Crippen molar-refractivity contribution in [2.75, 3.05) is 37.8 Å². The first-order valence-corrected chi connectivity index (χ1v) is 25.6. The summed E-state index contributed by atoms with van der Waals surface area (Å²) in [6, 6.07) is 8.02. The maximum absolute atomic E-state index is 12.7. The number of hydrogen-bond donors (Lipinski definition) is 10. The number of benzene rings is 1. The Hall–Kier alpha value is -3.68. The van der Waals surface area contributed by atoms with Crippen molar-refractivity contribution >= 4 is 80.7 Å². The number of phosphoric ester groups is 3. The number of aromatic amines is 1. The van der Waals surface area contributed by atoms with Gasteiger partial charge in [-0.2, -0.15) is 16.1 Å². The highest BCUT2D eigenvalue weighted by molar-refractivity contribution is 7.99. The van der Waals surface area contributed by atoms with E-state index in [1.54, 1.807) is 11.8 Å². The van der Waals surface area contributed by atoms with E-state index in [0.29, 0.717) is 25.1 Å². The summed E-state index contributed by atoms with van der Waals surface area (Å²) in [5.74, 6) is -0.663. The number of nitrogens with one attached hydrogen (secondary N) is 3. The monoisotopic (exact) mass is 994 g/mol. The van der Waals surface area contributed by atoms with E-state index in [0.717, 1.165) is 41.0 Å². The van der Waals surface area contributed by atoms with Gasteiger partial charge < -0.3 is 55.9 Å². The Morgan fingerprint density at radius 1 is 1.03 bits per heavy atom. The Labute approximate surface area is 376 Å². The molecule has 0 bridgehead atoms. The fraction of sp³-hybridized carbons (Fsp3) is 0.556. The van der Waals surface area contributed by atoms with Crippen molar-refractivity contribution in [2.24, 2.45) is 5.41 Å². The zero-order valence-electron chi connectivity index (χ0n) is 35.4. The first-order chi connectivity index (χ1) is 30.4. The zero-order chi connectivity index (χ0) is 47.7. The Morgan fingerprint density at radius 3 is 2.49 bits per heavy atom. The number of hydrogen-bond acceptors (Lipinski definition) is 18. The second-order valence-electron chi connectivity index (χ2n) is 15.7. The summed E-state index contributed by atoms with van der Waals surface area (Å²) >= 11 is 1.54. The summed E-state index contributed by atoms with van der Waals surface area (Å²) in [7, 11) is -16.4. The molecule has 0 aliphatic carbocycles. The van der Waals surface area contributed by atoms with E-state index in [-0.39, 0.29) is 46.9 Å². The smallest absolute Gasteiger partial charge is 0.386 e. The van der Waals surface area contributed by atoms with Gasteiger partial charge in [0.15, 0.2) is 17.7 Å². The molecule has 4 aromatic rings. The number of Topliss-reactive ketones (excluding diaryl/α,β-unsaturated/α-hetero) is 1. The van der Waals surface area contributed by atoms with Gasteiger partial charge in [0, 0.05) is 65.9 Å². The number of ether oxygens (including phenoxy) is 1. The highest BCUT2D eigenvalue weighted by atomic mass is 32.2. The van der Waals surface area contributed by atoms with Gasteiger partial charge in [-0.15, -0.1) is 0 Å². The number of amides is 2. The molecule has 4 heterocycles. The minimum absolute atomic E-state index is 0.0313. The normalized spacial score (nSPS) is 20.9. The summed E-state index contributed by atoms with van der Waals surface area (Å²) < 4.78 is 62.4. The highest BCUT2D eigenvalue weighted by Crippen LogP contribution is 2.61. The van der Waals surface area contributed by atoms with Crippen molar-refractivity contribution in [2.45, 2.75) is 88.8 Å². The fourth-order valence-electron chi connectivity index (χ4n) is 6.69. The predicted molar refractivity (Wildman–Crippen MR) is 232 cm³/mol. The van der Waals surface area contributed by atoms with Gasteiger partial charge in [-0.1, -0.05) is 39.0 Å². The third-order valence-corrected chi connectivity index (χ3v) is 14.3. The van der Waals surface area contributed by atoms with Crippen molar-refractivity contribution in [3.8, 4) is 0 Å². The van der Waals surface area contributed by atoms with Gasteiger partial charge in [-0.3, -0.25) is 32.5 Å². The second kappa shape index (κ2) is 22.4. The van der Waals surface area contributed by atoms with E-state index in [1.165, 1.54) is 19.4 Å². The van der Waals surface area contributed by atoms with E-state index in [1.807, 2.05) is 31.3 Å². The lowest BCUT2D eigenvalue weighted by Crippen LogP contribution is -2.46. The van der Waals surface area contributed by atoms with Crippen LogP contribution in [-0.2, 0) is 57.1 Å². The van der Waals surface area contributed by atoms with Crippen molar-refractivity contribution in [3.05, 3.63) is 48.7 Å². The first kappa shape index (κ1) is 52.3.